The molecule has 1 saturated heterocycles. The molecule has 1 atom stereocenters. The molecule has 0 radical (unpaired) electrons. The van der Waals surface area contributed by atoms with E-state index in [-0.39, 0.29) is 24.0 Å². The number of hydrogen-bond acceptors (Lipinski definition) is 2. The van der Waals surface area contributed by atoms with Crippen molar-refractivity contribution in [1.29, 1.82) is 0 Å². The van der Waals surface area contributed by atoms with Crippen LogP contribution in [0.4, 0.5) is 0 Å². The van der Waals surface area contributed by atoms with Gasteiger partial charge in [-0.3, -0.25) is 4.99 Å². The second kappa shape index (κ2) is 11.7. The van der Waals surface area contributed by atoms with Crippen molar-refractivity contribution >= 4 is 29.9 Å². The van der Waals surface area contributed by atoms with E-state index in [1.54, 1.807) is 0 Å². The zero-order chi connectivity index (χ0) is 17.4. The van der Waals surface area contributed by atoms with Gasteiger partial charge in [0.1, 0.15) is 0 Å². The highest BCUT2D eigenvalue weighted by atomic mass is 127. The first-order chi connectivity index (χ1) is 11.6. The second-order valence-electron chi connectivity index (χ2n) is 7.23. The number of nitrogens with zero attached hydrogens (tertiary/aromatic N) is 2. The number of aliphatic imine (C=N–C) groups is 1. The van der Waals surface area contributed by atoms with Crippen LogP contribution in [0.1, 0.15) is 43.2 Å². The van der Waals surface area contributed by atoms with E-state index in [9.17, 15) is 0 Å². The maximum Gasteiger partial charge on any atom is 0.190 e. The van der Waals surface area contributed by atoms with Crippen molar-refractivity contribution in [3.8, 4) is 0 Å². The predicted octanol–water partition coefficient (Wildman–Crippen LogP) is 3.61. The third kappa shape index (κ3) is 7.94. The maximum absolute atomic E-state index is 4.35. The Labute approximate surface area is 170 Å². The molecule has 5 heteroatoms. The normalized spacial score (nSPS) is 17.7. The van der Waals surface area contributed by atoms with Gasteiger partial charge in [0, 0.05) is 20.1 Å². The highest BCUT2D eigenvalue weighted by Gasteiger charge is 2.16. The lowest BCUT2D eigenvalue weighted by atomic mass is 9.94. The predicted molar refractivity (Wildman–Crippen MR) is 119 cm³/mol. The summed E-state index contributed by atoms with van der Waals surface area (Å²) >= 11 is 0. The zero-order valence-corrected chi connectivity index (χ0v) is 18.5. The minimum Gasteiger partial charge on any atom is -0.356 e. The van der Waals surface area contributed by atoms with Crippen molar-refractivity contribution < 1.29 is 0 Å². The maximum atomic E-state index is 4.35. The molecule has 0 amide bonds. The van der Waals surface area contributed by atoms with E-state index >= 15 is 0 Å². The van der Waals surface area contributed by atoms with Gasteiger partial charge in [0.25, 0.3) is 0 Å². The van der Waals surface area contributed by atoms with Crippen LogP contribution >= 0.6 is 24.0 Å². The van der Waals surface area contributed by atoms with E-state index in [0.29, 0.717) is 5.92 Å². The molecule has 1 aromatic carbocycles. The molecule has 1 aromatic rings. The van der Waals surface area contributed by atoms with Gasteiger partial charge in [0.05, 0.1) is 0 Å². The van der Waals surface area contributed by atoms with Crippen LogP contribution in [0.5, 0.6) is 0 Å². The fourth-order valence-corrected chi connectivity index (χ4v) is 3.31. The average molecular weight is 458 g/mol. The van der Waals surface area contributed by atoms with Crippen molar-refractivity contribution in [2.24, 2.45) is 10.9 Å². The van der Waals surface area contributed by atoms with Crippen LogP contribution in [-0.2, 0) is 0 Å². The van der Waals surface area contributed by atoms with E-state index in [1.807, 2.05) is 7.05 Å². The van der Waals surface area contributed by atoms with Crippen LogP contribution < -0.4 is 10.6 Å². The summed E-state index contributed by atoms with van der Waals surface area (Å²) in [5.74, 6) is 2.25. The number of aryl methyl sites for hydroxylation is 1. The highest BCUT2D eigenvalue weighted by molar-refractivity contribution is 14.0. The Morgan fingerprint density at radius 1 is 1.28 bits per heavy atom. The van der Waals surface area contributed by atoms with E-state index in [2.05, 4.69) is 65.7 Å². The summed E-state index contributed by atoms with van der Waals surface area (Å²) in [6.07, 6.45) is 3.89. The molecule has 142 valence electrons. The summed E-state index contributed by atoms with van der Waals surface area (Å²) in [5, 5.41) is 6.93. The summed E-state index contributed by atoms with van der Waals surface area (Å²) < 4.78 is 0. The van der Waals surface area contributed by atoms with E-state index in [4.69, 9.17) is 0 Å². The average Bonchev–Trinajstić information content (AvgIpc) is 2.59. The van der Waals surface area contributed by atoms with Crippen LogP contribution in [0.3, 0.4) is 0 Å². The molecule has 0 aromatic heterocycles. The lowest BCUT2D eigenvalue weighted by molar-refractivity contribution is 0.213. The molecule has 1 aliphatic rings. The minimum absolute atomic E-state index is 0. The number of nitrogens with one attached hydrogen (secondary N) is 2. The molecule has 4 nitrogen and oxygen atoms in total. The second-order valence-corrected chi connectivity index (χ2v) is 7.23. The molecule has 2 rings (SSSR count). The van der Waals surface area contributed by atoms with Gasteiger partial charge in [-0.25, -0.2) is 0 Å². The van der Waals surface area contributed by atoms with Crippen LogP contribution in [0.15, 0.2) is 29.3 Å². The molecule has 2 N–H and O–H groups in total. The fraction of sp³-hybridized carbons (Fsp3) is 0.650. The monoisotopic (exact) mass is 458 g/mol. The van der Waals surface area contributed by atoms with Crippen LogP contribution in [0.25, 0.3) is 0 Å². The van der Waals surface area contributed by atoms with Crippen molar-refractivity contribution in [2.75, 3.05) is 40.3 Å². The van der Waals surface area contributed by atoms with Gasteiger partial charge in [-0.2, -0.15) is 0 Å². The Morgan fingerprint density at radius 2 is 2.00 bits per heavy atom. The fourth-order valence-electron chi connectivity index (χ4n) is 3.31. The van der Waals surface area contributed by atoms with Crippen LogP contribution in [0, 0.1) is 12.8 Å². The Bertz CT molecular complexity index is 524. The third-order valence-electron chi connectivity index (χ3n) is 5.09. The summed E-state index contributed by atoms with van der Waals surface area (Å²) in [6, 6.07) is 8.75. The number of guanidine groups is 1. The smallest absolute Gasteiger partial charge is 0.190 e. The molecule has 0 aliphatic carbocycles. The summed E-state index contributed by atoms with van der Waals surface area (Å²) in [6.45, 7) is 8.79. The highest BCUT2D eigenvalue weighted by Crippen LogP contribution is 2.18. The standard InChI is InChI=1S/C20H34N4.HI/c1-16-6-5-7-19(14-16)17(2)15-23-20(21-3)22-11-8-18-9-12-24(4)13-10-18;/h5-7,14,17-18H,8-13,15H2,1-4H3,(H2,21,22,23);1H. The topological polar surface area (TPSA) is 39.7 Å². The summed E-state index contributed by atoms with van der Waals surface area (Å²) in [4.78, 5) is 6.78. The van der Waals surface area contributed by atoms with Crippen molar-refractivity contribution in [2.45, 2.75) is 39.0 Å². The van der Waals surface area contributed by atoms with E-state index in [0.717, 1.165) is 25.0 Å². The molecule has 0 spiro atoms. The lowest BCUT2D eigenvalue weighted by Crippen LogP contribution is -2.40. The van der Waals surface area contributed by atoms with E-state index in [1.165, 1.54) is 43.5 Å². The number of rotatable bonds is 6. The quantitative estimate of drug-likeness (QED) is 0.389. The van der Waals surface area contributed by atoms with Crippen LogP contribution in [0.2, 0.25) is 0 Å². The number of likely N-dealkylation sites (tertiary alicyclic amines) is 1. The minimum atomic E-state index is 0. The summed E-state index contributed by atoms with van der Waals surface area (Å²) in [5.41, 5.74) is 2.70. The molecular weight excluding hydrogens is 423 g/mol. The first-order valence-corrected chi connectivity index (χ1v) is 9.28. The van der Waals surface area contributed by atoms with Crippen LogP contribution in [-0.4, -0.2) is 51.1 Å². The third-order valence-corrected chi connectivity index (χ3v) is 5.09. The van der Waals surface area contributed by atoms with Gasteiger partial charge in [0.15, 0.2) is 5.96 Å². The van der Waals surface area contributed by atoms with E-state index < -0.39 is 0 Å². The van der Waals surface area contributed by atoms with Crippen molar-refractivity contribution in [3.05, 3.63) is 35.4 Å². The van der Waals surface area contributed by atoms with Gasteiger partial charge in [-0.05, 0) is 63.7 Å². The van der Waals surface area contributed by atoms with Crippen molar-refractivity contribution in [1.82, 2.24) is 15.5 Å². The molecule has 1 fully saturated rings. The SMILES string of the molecule is CN=C(NCCC1CCN(C)CC1)NCC(C)c1cccc(C)c1.I. The number of halogens is 1. The van der Waals surface area contributed by atoms with Gasteiger partial charge in [-0.1, -0.05) is 36.8 Å². The van der Waals surface area contributed by atoms with Gasteiger partial charge in [-0.15, -0.1) is 24.0 Å². The molecule has 1 heterocycles. The zero-order valence-electron chi connectivity index (χ0n) is 16.2. The number of benzene rings is 1. The van der Waals surface area contributed by atoms with Gasteiger partial charge < -0.3 is 15.5 Å². The Kier molecular flexibility index (Phi) is 10.4. The Morgan fingerprint density at radius 3 is 2.64 bits per heavy atom. The van der Waals surface area contributed by atoms with Gasteiger partial charge >= 0.3 is 0 Å². The molecule has 1 unspecified atom stereocenters. The number of piperidine rings is 1. The first-order valence-electron chi connectivity index (χ1n) is 9.28. The largest absolute Gasteiger partial charge is 0.356 e. The molecule has 0 saturated carbocycles. The molecule has 1 aliphatic heterocycles. The Hall–Kier alpha value is -0.820. The molecule has 25 heavy (non-hydrogen) atoms. The summed E-state index contributed by atoms with van der Waals surface area (Å²) in [7, 11) is 4.07. The molecule has 0 bridgehead atoms. The lowest BCUT2D eigenvalue weighted by Gasteiger charge is -2.29. The van der Waals surface area contributed by atoms with Crippen molar-refractivity contribution in [3.63, 3.8) is 0 Å². The molecular formula is C20H35IN4. The number of hydrogen-bond donors (Lipinski definition) is 2. The first kappa shape index (κ1) is 22.2. The Balaban J connectivity index is 0.00000312. The van der Waals surface area contributed by atoms with Gasteiger partial charge in [0.2, 0.25) is 0 Å².